The highest BCUT2D eigenvalue weighted by Gasteiger charge is 2.47. The summed E-state index contributed by atoms with van der Waals surface area (Å²) in [5, 5.41) is 20.3. The number of likely N-dealkylation sites (tertiary alicyclic amines) is 1. The van der Waals surface area contributed by atoms with E-state index in [0.717, 1.165) is 6.07 Å². The molecule has 3 aromatic rings. The molecule has 0 saturated carbocycles. The molecule has 0 unspecified atom stereocenters. The van der Waals surface area contributed by atoms with E-state index in [1.165, 1.54) is 6.07 Å². The van der Waals surface area contributed by atoms with Crippen LogP contribution in [0.2, 0.25) is 5.02 Å². The summed E-state index contributed by atoms with van der Waals surface area (Å²) in [7, 11) is -1.43. The number of fused-ring (bicyclic) bond motifs is 1. The van der Waals surface area contributed by atoms with Crippen LogP contribution in [0.5, 0.6) is 11.5 Å². The molecule has 1 aliphatic rings. The molecule has 4 rings (SSSR count). The highest BCUT2D eigenvalue weighted by atomic mass is 35.5. The van der Waals surface area contributed by atoms with Gasteiger partial charge in [0.05, 0.1) is 11.1 Å². The predicted octanol–water partition coefficient (Wildman–Crippen LogP) is 2.17. The van der Waals surface area contributed by atoms with Gasteiger partial charge in [-0.1, -0.05) is 23.7 Å². The van der Waals surface area contributed by atoms with Crippen molar-refractivity contribution in [3.8, 4) is 22.8 Å². The quantitative estimate of drug-likeness (QED) is 0.318. The maximum absolute atomic E-state index is 13.0. The van der Waals surface area contributed by atoms with E-state index in [1.807, 2.05) is 4.90 Å². The fourth-order valence-corrected chi connectivity index (χ4v) is 5.27. The minimum Gasteiger partial charge on any atom is -0.507 e. The molecule has 0 radical (unpaired) electrons. The van der Waals surface area contributed by atoms with E-state index in [-0.39, 0.29) is 34.6 Å². The first-order chi connectivity index (χ1) is 15.4. The van der Waals surface area contributed by atoms with E-state index < -0.39 is 30.4 Å². The summed E-state index contributed by atoms with van der Waals surface area (Å²) in [4.78, 5) is 33.9. The van der Waals surface area contributed by atoms with Gasteiger partial charge in [0, 0.05) is 35.1 Å². The molecule has 33 heavy (non-hydrogen) atoms. The summed E-state index contributed by atoms with van der Waals surface area (Å²) in [5.74, 6) is -0.742. The van der Waals surface area contributed by atoms with Gasteiger partial charge in [-0.05, 0) is 32.1 Å². The average Bonchev–Trinajstić information content (AvgIpc) is 2.69. The molecule has 174 valence electrons. The summed E-state index contributed by atoms with van der Waals surface area (Å²) in [6.45, 7) is 0.672. The molecule has 2 heterocycles. The number of hydrogen-bond acceptors (Lipinski definition) is 7. The van der Waals surface area contributed by atoms with Crippen LogP contribution in [0.1, 0.15) is 12.0 Å². The molecule has 0 aliphatic carbocycles. The van der Waals surface area contributed by atoms with Crippen LogP contribution in [0.4, 0.5) is 0 Å². The van der Waals surface area contributed by atoms with Crippen LogP contribution < -0.4 is 5.43 Å². The Morgan fingerprint density at radius 1 is 1.24 bits per heavy atom. The number of benzene rings is 2. The average molecular weight is 494 g/mol. The van der Waals surface area contributed by atoms with Gasteiger partial charge < -0.3 is 29.3 Å². The van der Waals surface area contributed by atoms with Gasteiger partial charge in [0.2, 0.25) is 0 Å². The zero-order valence-electron chi connectivity index (χ0n) is 17.9. The molecule has 2 aromatic carbocycles. The molecule has 12 heteroatoms. The van der Waals surface area contributed by atoms with Crippen LogP contribution >= 0.6 is 19.4 Å². The Balaban J connectivity index is 2.03. The number of phosphoric ester groups is 1. The largest absolute Gasteiger partial charge is 0.507 e. The zero-order valence-corrected chi connectivity index (χ0v) is 19.5. The van der Waals surface area contributed by atoms with Crippen molar-refractivity contribution in [1.82, 2.24) is 4.90 Å². The number of rotatable bonds is 4. The number of halogens is 1. The lowest BCUT2D eigenvalue weighted by Gasteiger charge is -2.45. The molecule has 0 spiro atoms. The lowest BCUT2D eigenvalue weighted by atomic mass is 9.56. The summed E-state index contributed by atoms with van der Waals surface area (Å²) in [6.07, 6.45) is -0.730. The molecule has 1 aliphatic heterocycles. The number of nitrogens with zero attached hydrogens (tertiary/aromatic N) is 1. The topological polar surface area (TPSA) is 141 Å². The van der Waals surface area contributed by atoms with Crippen molar-refractivity contribution < 1.29 is 33.5 Å². The molecule has 9 nitrogen and oxygen atoms in total. The Bertz CT molecular complexity index is 1340. The summed E-state index contributed by atoms with van der Waals surface area (Å²) < 4.78 is 22.9. The maximum Gasteiger partial charge on any atom is 0.469 e. The number of phenols is 2. The maximum atomic E-state index is 13.0. The summed E-state index contributed by atoms with van der Waals surface area (Å²) in [6, 6.07) is 8.95. The van der Waals surface area contributed by atoms with Crippen molar-refractivity contribution in [2.75, 3.05) is 20.1 Å². The van der Waals surface area contributed by atoms with Crippen molar-refractivity contribution in [2.45, 2.75) is 17.8 Å². The zero-order chi connectivity index (χ0) is 24.1. The first-order valence-corrected chi connectivity index (χ1v) is 12.0. The minimum atomic E-state index is -4.89. The lowest BCUT2D eigenvalue weighted by Crippen LogP contribution is -2.53. The summed E-state index contributed by atoms with van der Waals surface area (Å²) >= 11 is 6.28. The van der Waals surface area contributed by atoms with Crippen LogP contribution in [0.25, 0.3) is 22.3 Å². The minimum absolute atomic E-state index is 0.0960. The van der Waals surface area contributed by atoms with Gasteiger partial charge in [0.15, 0.2) is 5.43 Å². The number of aromatic hydroxyl groups is 2. The van der Waals surface area contributed by atoms with Crippen LogP contribution in [-0.2, 0) is 14.4 Å². The second-order valence-corrected chi connectivity index (χ2v) is 10.1. The van der Waals surface area contributed by atoms with Gasteiger partial charge in [-0.3, -0.25) is 9.32 Å². The van der Waals surface area contributed by atoms with Crippen LogP contribution in [0.3, 0.4) is 0 Å². The third-order valence-electron chi connectivity index (χ3n) is 6.14. The Kier molecular flexibility index (Phi) is 6.11. The second kappa shape index (κ2) is 8.47. The van der Waals surface area contributed by atoms with E-state index in [1.54, 1.807) is 39.2 Å². The lowest BCUT2D eigenvalue weighted by molar-refractivity contribution is 0.0388. The highest BCUT2D eigenvalue weighted by molar-refractivity contribution is 7.46. The van der Waals surface area contributed by atoms with Gasteiger partial charge in [-0.25, -0.2) is 4.57 Å². The number of phosphoric acid groups is 1. The van der Waals surface area contributed by atoms with Crippen molar-refractivity contribution in [3.05, 3.63) is 57.2 Å². The van der Waals surface area contributed by atoms with Crippen LogP contribution in [0, 0.1) is 0 Å². The predicted molar refractivity (Wildman–Crippen MR) is 126 cm³/mol. The Labute approximate surface area is 194 Å². The van der Waals surface area contributed by atoms with Crippen LogP contribution in [0.15, 0.2) is 45.6 Å². The number of likely N-dealkylation sites (N-methyl/N-ethyl adjacent to an activating group) is 1. The monoisotopic (exact) mass is 493 g/mol. The molecule has 0 bridgehead atoms. The molecule has 4 N–H and O–H groups in total. The van der Waals surface area contributed by atoms with Crippen molar-refractivity contribution in [2.24, 2.45) is 0 Å². The molecule has 2 atom stereocenters. The van der Waals surface area contributed by atoms with Gasteiger partial charge in [0.25, 0.3) is 0 Å². The molecular formula is C21H22BClNO8P. The third kappa shape index (κ3) is 4.42. The Morgan fingerprint density at radius 3 is 2.61 bits per heavy atom. The first kappa shape index (κ1) is 23.8. The van der Waals surface area contributed by atoms with E-state index in [0.29, 0.717) is 23.6 Å². The fraction of sp³-hybridized carbons (Fsp3) is 0.286. The van der Waals surface area contributed by atoms with Crippen molar-refractivity contribution in [1.29, 1.82) is 0 Å². The molecular weight excluding hydrogens is 471 g/mol. The van der Waals surface area contributed by atoms with E-state index in [9.17, 15) is 29.4 Å². The normalized spacial score (nSPS) is 22.0. The van der Waals surface area contributed by atoms with Gasteiger partial charge in [-0.2, -0.15) is 0 Å². The van der Waals surface area contributed by atoms with Crippen LogP contribution in [-0.4, -0.2) is 59.0 Å². The smallest absolute Gasteiger partial charge is 0.469 e. The van der Waals surface area contributed by atoms with Crippen molar-refractivity contribution in [3.63, 3.8) is 0 Å². The summed E-state index contributed by atoms with van der Waals surface area (Å²) in [5.41, 5.74) is -0.105. The third-order valence-corrected chi connectivity index (χ3v) is 7.00. The second-order valence-electron chi connectivity index (χ2n) is 8.46. The van der Waals surface area contributed by atoms with E-state index >= 15 is 0 Å². The van der Waals surface area contributed by atoms with Gasteiger partial charge in [0.1, 0.15) is 36.1 Å². The fourth-order valence-electron chi connectivity index (χ4n) is 4.41. The Morgan fingerprint density at radius 2 is 1.94 bits per heavy atom. The number of hydrogen-bond donors (Lipinski definition) is 4. The number of piperidine rings is 1. The van der Waals surface area contributed by atoms with Crippen molar-refractivity contribution >= 4 is 38.2 Å². The molecule has 1 saturated heterocycles. The SMILES string of the molecule is B[C@]1(c2c(O)cc(O)c3c(=O)cc(-c4ccccc4Cl)oc23)CCN(C)C[C@H]1OP(=O)(O)O. The Hall–Kier alpha value is -2.33. The molecule has 1 aromatic heterocycles. The highest BCUT2D eigenvalue weighted by Crippen LogP contribution is 2.49. The van der Waals surface area contributed by atoms with E-state index in [2.05, 4.69) is 0 Å². The molecule has 1 fully saturated rings. The van der Waals surface area contributed by atoms with E-state index in [4.69, 9.17) is 20.5 Å². The van der Waals surface area contributed by atoms with Gasteiger partial charge in [-0.15, -0.1) is 0 Å². The first-order valence-electron chi connectivity index (χ1n) is 10.1. The standard InChI is InChI=1S/C21H22BClNO8P/c1-24-7-6-21(22,17(10-24)32-33(28,29)30)19-15(27)8-13(25)18-14(26)9-16(31-20(18)19)11-4-2-3-5-12(11)23/h2-5,8-9,17,25,27H,6-7,10,22H2,1H3,(H2,28,29,30)/t17-,21-/m1/s1. The van der Waals surface area contributed by atoms with Gasteiger partial charge >= 0.3 is 7.82 Å². The number of phenolic OH excluding ortho intramolecular Hbond substituents is 2. The molecule has 0 amide bonds.